The van der Waals surface area contributed by atoms with Gasteiger partial charge in [-0.3, -0.25) is 14.0 Å². The van der Waals surface area contributed by atoms with E-state index in [1.807, 2.05) is 49.3 Å². The van der Waals surface area contributed by atoms with Gasteiger partial charge in [0.25, 0.3) is 11.8 Å². The number of carbonyl (C=O) groups is 2. The first-order valence-electron chi connectivity index (χ1n) is 9.30. The molecule has 2 aromatic heterocycles. The second kappa shape index (κ2) is 8.67. The molecule has 2 amide bonds. The number of nitrogens with zero attached hydrogens (tertiary/aromatic N) is 3. The van der Waals surface area contributed by atoms with Crippen molar-refractivity contribution in [1.29, 1.82) is 0 Å². The van der Waals surface area contributed by atoms with Crippen LogP contribution in [0.1, 0.15) is 33.6 Å². The third-order valence-corrected chi connectivity index (χ3v) is 4.43. The Bertz CT molecular complexity index is 976. The summed E-state index contributed by atoms with van der Waals surface area (Å²) in [4.78, 5) is 31.7. The fourth-order valence-electron chi connectivity index (χ4n) is 2.85. The summed E-state index contributed by atoms with van der Waals surface area (Å²) in [5.41, 5.74) is 2.69. The predicted octanol–water partition coefficient (Wildman–Crippen LogP) is 2.44. The topological polar surface area (TPSA) is 78.7 Å². The molecule has 0 unspecified atom stereocenters. The Hall–Kier alpha value is -3.19. The van der Waals surface area contributed by atoms with Gasteiger partial charge in [0.2, 0.25) is 5.82 Å². The zero-order valence-corrected chi connectivity index (χ0v) is 16.4. The zero-order chi connectivity index (χ0) is 20.1. The third-order valence-electron chi connectivity index (χ3n) is 4.43. The molecule has 0 fully saturated rings. The lowest BCUT2D eigenvalue weighted by molar-refractivity contribution is 0.0940. The lowest BCUT2D eigenvalue weighted by atomic mass is 10.1. The van der Waals surface area contributed by atoms with E-state index in [-0.39, 0.29) is 23.3 Å². The number of fused-ring (bicyclic) bond motifs is 1. The van der Waals surface area contributed by atoms with Crippen molar-refractivity contribution in [3.05, 3.63) is 65.7 Å². The highest BCUT2D eigenvalue weighted by atomic mass is 16.2. The quantitative estimate of drug-likeness (QED) is 0.661. The molecule has 7 heteroatoms. The molecule has 0 spiro atoms. The Kier molecular flexibility index (Phi) is 6.06. The first kappa shape index (κ1) is 19.6. The highest BCUT2D eigenvalue weighted by molar-refractivity contribution is 6.08. The summed E-state index contributed by atoms with van der Waals surface area (Å²) in [5, 5.41) is 5.70. The predicted molar refractivity (Wildman–Crippen MR) is 110 cm³/mol. The lowest BCUT2D eigenvalue weighted by Gasteiger charge is -2.09. The smallest absolute Gasteiger partial charge is 0.287 e. The fraction of sp³-hybridized carbons (Fsp3) is 0.286. The Labute approximate surface area is 164 Å². The van der Waals surface area contributed by atoms with E-state index in [0.29, 0.717) is 17.7 Å². The molecule has 0 radical (unpaired) electrons. The summed E-state index contributed by atoms with van der Waals surface area (Å²) in [6.45, 7) is 3.30. The SMILES string of the molecule is CCc1ccc(NC(=O)c2nc(C(=O)NCCN(C)C)n3ccccc23)cc1. The molecule has 3 aromatic rings. The Morgan fingerprint density at radius 1 is 1.07 bits per heavy atom. The van der Waals surface area contributed by atoms with Crippen molar-refractivity contribution in [2.24, 2.45) is 0 Å². The van der Waals surface area contributed by atoms with Crippen LogP contribution in [0.3, 0.4) is 0 Å². The van der Waals surface area contributed by atoms with Gasteiger partial charge in [0.1, 0.15) is 0 Å². The molecule has 146 valence electrons. The van der Waals surface area contributed by atoms with Gasteiger partial charge in [-0.2, -0.15) is 0 Å². The highest BCUT2D eigenvalue weighted by Crippen LogP contribution is 2.16. The number of anilines is 1. The van der Waals surface area contributed by atoms with Crippen LogP contribution >= 0.6 is 0 Å². The lowest BCUT2D eigenvalue weighted by Crippen LogP contribution is -2.32. The van der Waals surface area contributed by atoms with Crippen LogP contribution in [0.5, 0.6) is 0 Å². The van der Waals surface area contributed by atoms with Crippen molar-refractivity contribution in [2.45, 2.75) is 13.3 Å². The van der Waals surface area contributed by atoms with Gasteiger partial charge in [0, 0.05) is 25.0 Å². The molecule has 2 heterocycles. The summed E-state index contributed by atoms with van der Waals surface area (Å²) in [5.74, 6) is -0.462. The summed E-state index contributed by atoms with van der Waals surface area (Å²) in [6.07, 6.45) is 2.67. The molecule has 0 aliphatic rings. The van der Waals surface area contributed by atoms with Crippen LogP contribution in [0.25, 0.3) is 5.52 Å². The number of benzene rings is 1. The van der Waals surface area contributed by atoms with Crippen molar-refractivity contribution in [3.8, 4) is 0 Å². The van der Waals surface area contributed by atoms with Crippen LogP contribution in [0.4, 0.5) is 5.69 Å². The second-order valence-corrected chi connectivity index (χ2v) is 6.80. The molecule has 0 saturated carbocycles. The van der Waals surface area contributed by atoms with Crippen LogP contribution in [0.15, 0.2) is 48.7 Å². The summed E-state index contributed by atoms with van der Waals surface area (Å²) in [6, 6.07) is 13.1. The Morgan fingerprint density at radius 2 is 1.82 bits per heavy atom. The second-order valence-electron chi connectivity index (χ2n) is 6.80. The number of nitrogens with one attached hydrogen (secondary N) is 2. The first-order valence-corrected chi connectivity index (χ1v) is 9.30. The molecule has 0 aliphatic carbocycles. The van der Waals surface area contributed by atoms with Gasteiger partial charge in [-0.25, -0.2) is 4.98 Å². The maximum Gasteiger partial charge on any atom is 0.287 e. The van der Waals surface area contributed by atoms with Crippen molar-refractivity contribution in [3.63, 3.8) is 0 Å². The maximum atomic E-state index is 12.8. The number of likely N-dealkylation sites (N-methyl/N-ethyl adjacent to an activating group) is 1. The van der Waals surface area contributed by atoms with Crippen LogP contribution in [0.2, 0.25) is 0 Å². The number of aryl methyl sites for hydroxylation is 1. The van der Waals surface area contributed by atoms with Gasteiger partial charge >= 0.3 is 0 Å². The van der Waals surface area contributed by atoms with Crippen molar-refractivity contribution >= 4 is 23.0 Å². The van der Waals surface area contributed by atoms with E-state index in [2.05, 4.69) is 22.5 Å². The first-order chi connectivity index (χ1) is 13.5. The average molecular weight is 379 g/mol. The van der Waals surface area contributed by atoms with Crippen LogP contribution in [0, 0.1) is 0 Å². The maximum absolute atomic E-state index is 12.8. The number of carbonyl (C=O) groups excluding carboxylic acids is 2. The van der Waals surface area contributed by atoms with Crippen LogP contribution in [-0.4, -0.2) is 53.3 Å². The van der Waals surface area contributed by atoms with Crippen molar-refractivity contribution in [1.82, 2.24) is 19.6 Å². The molecule has 1 aromatic carbocycles. The zero-order valence-electron chi connectivity index (χ0n) is 16.4. The van der Waals surface area contributed by atoms with Gasteiger partial charge in [-0.1, -0.05) is 25.1 Å². The van der Waals surface area contributed by atoms with Gasteiger partial charge in [-0.15, -0.1) is 0 Å². The molecule has 2 N–H and O–H groups in total. The number of pyridine rings is 1. The van der Waals surface area contributed by atoms with E-state index in [0.717, 1.165) is 13.0 Å². The van der Waals surface area contributed by atoms with E-state index in [1.54, 1.807) is 22.7 Å². The minimum absolute atomic E-state index is 0.195. The number of hydrogen-bond donors (Lipinski definition) is 2. The summed E-state index contributed by atoms with van der Waals surface area (Å²) < 4.78 is 1.64. The van der Waals surface area contributed by atoms with E-state index >= 15 is 0 Å². The Morgan fingerprint density at radius 3 is 2.50 bits per heavy atom. The highest BCUT2D eigenvalue weighted by Gasteiger charge is 2.21. The largest absolute Gasteiger partial charge is 0.348 e. The van der Waals surface area contributed by atoms with Gasteiger partial charge < -0.3 is 15.5 Å². The number of rotatable bonds is 7. The molecule has 0 atom stereocenters. The standard InChI is InChI=1S/C21H25N5O2/c1-4-15-8-10-16(11-9-15)23-20(27)18-17-7-5-6-13-26(17)19(24-18)21(28)22-12-14-25(2)3/h5-11,13H,4,12,14H2,1-3H3,(H,22,28)(H,23,27). The van der Waals surface area contributed by atoms with Crippen LogP contribution < -0.4 is 10.6 Å². The Balaban J connectivity index is 1.84. The molecule has 0 aliphatic heterocycles. The van der Waals surface area contributed by atoms with Gasteiger partial charge in [-0.05, 0) is 50.3 Å². The molecule has 0 bridgehead atoms. The van der Waals surface area contributed by atoms with Gasteiger partial charge in [0.15, 0.2) is 5.69 Å². The minimum atomic E-state index is -0.347. The van der Waals surface area contributed by atoms with Crippen molar-refractivity contribution in [2.75, 3.05) is 32.5 Å². The van der Waals surface area contributed by atoms with E-state index in [9.17, 15) is 9.59 Å². The molecular weight excluding hydrogens is 354 g/mol. The van der Waals surface area contributed by atoms with Gasteiger partial charge in [0.05, 0.1) is 5.52 Å². The van der Waals surface area contributed by atoms with E-state index < -0.39 is 0 Å². The van der Waals surface area contributed by atoms with E-state index in [4.69, 9.17) is 0 Å². The fourth-order valence-corrected chi connectivity index (χ4v) is 2.85. The number of amides is 2. The molecule has 3 rings (SSSR count). The van der Waals surface area contributed by atoms with Crippen molar-refractivity contribution < 1.29 is 9.59 Å². The minimum Gasteiger partial charge on any atom is -0.348 e. The monoisotopic (exact) mass is 379 g/mol. The number of imidazole rings is 1. The summed E-state index contributed by atoms with van der Waals surface area (Å²) >= 11 is 0. The molecule has 28 heavy (non-hydrogen) atoms. The molecular formula is C21H25N5O2. The van der Waals surface area contributed by atoms with Crippen LogP contribution in [-0.2, 0) is 6.42 Å². The van der Waals surface area contributed by atoms with E-state index in [1.165, 1.54) is 5.56 Å². The molecule has 0 saturated heterocycles. The third kappa shape index (κ3) is 4.37. The molecule has 7 nitrogen and oxygen atoms in total. The average Bonchev–Trinajstić information content (AvgIpc) is 3.08. The normalized spacial score (nSPS) is 11.0. The number of aromatic nitrogens is 2. The summed E-state index contributed by atoms with van der Waals surface area (Å²) in [7, 11) is 3.87. The number of hydrogen-bond acceptors (Lipinski definition) is 4.